The van der Waals surface area contributed by atoms with Crippen molar-refractivity contribution in [1.82, 2.24) is 9.78 Å². The fourth-order valence-corrected chi connectivity index (χ4v) is 5.09. The van der Waals surface area contributed by atoms with Crippen LogP contribution in [-0.2, 0) is 9.84 Å². The van der Waals surface area contributed by atoms with Gasteiger partial charge in [0.1, 0.15) is 5.82 Å². The van der Waals surface area contributed by atoms with Gasteiger partial charge < -0.3 is 11.1 Å². The average Bonchev–Trinajstić information content (AvgIpc) is 3.25. The summed E-state index contributed by atoms with van der Waals surface area (Å²) in [6.07, 6.45) is 2.69. The van der Waals surface area contributed by atoms with Crippen molar-refractivity contribution in [2.45, 2.75) is 38.1 Å². The minimum absolute atomic E-state index is 0. The summed E-state index contributed by atoms with van der Waals surface area (Å²) in [5.74, 6) is 0.941. The molecule has 7 nitrogen and oxygen atoms in total. The number of hydrogen-bond acceptors (Lipinski definition) is 5. The smallest absolute Gasteiger partial charge is 0.257 e. The second-order valence-electron chi connectivity index (χ2n) is 7.26. The first-order valence-electron chi connectivity index (χ1n) is 8.80. The van der Waals surface area contributed by atoms with Gasteiger partial charge in [0.2, 0.25) is 0 Å². The quantitative estimate of drug-likeness (QED) is 0.753. The number of anilines is 2. The van der Waals surface area contributed by atoms with Gasteiger partial charge in [0.15, 0.2) is 9.84 Å². The zero-order valence-electron chi connectivity index (χ0n) is 15.0. The van der Waals surface area contributed by atoms with E-state index in [9.17, 15) is 13.2 Å². The van der Waals surface area contributed by atoms with Gasteiger partial charge in [-0.2, -0.15) is 5.10 Å². The molecule has 0 radical (unpaired) electrons. The van der Waals surface area contributed by atoms with Crippen LogP contribution in [0, 0.1) is 6.92 Å². The van der Waals surface area contributed by atoms with Gasteiger partial charge in [-0.1, -0.05) is 6.07 Å². The summed E-state index contributed by atoms with van der Waals surface area (Å²) in [7, 11) is -3.04. The molecule has 2 fully saturated rings. The third kappa shape index (κ3) is 4.11. The number of sulfone groups is 1. The minimum atomic E-state index is -3.04. The summed E-state index contributed by atoms with van der Waals surface area (Å²) in [5.41, 5.74) is 8.59. The Balaban J connectivity index is 0.00000210. The maximum Gasteiger partial charge on any atom is 0.257 e. The number of aryl methyl sites for hydroxylation is 1. The molecule has 1 amide bonds. The third-order valence-electron chi connectivity index (χ3n) is 5.05. The maximum absolute atomic E-state index is 12.8. The summed E-state index contributed by atoms with van der Waals surface area (Å²) in [5, 5.41) is 7.53. The summed E-state index contributed by atoms with van der Waals surface area (Å²) < 4.78 is 25.4. The zero-order valence-corrected chi connectivity index (χ0v) is 16.6. The predicted octanol–water partition coefficient (Wildman–Crippen LogP) is 2.68. The van der Waals surface area contributed by atoms with Gasteiger partial charge in [0.05, 0.1) is 23.2 Å². The van der Waals surface area contributed by atoms with Crippen LogP contribution in [0.2, 0.25) is 0 Å². The van der Waals surface area contributed by atoms with Crippen LogP contribution in [0.4, 0.5) is 11.5 Å². The largest absolute Gasteiger partial charge is 0.399 e. The fourth-order valence-electron chi connectivity index (χ4n) is 3.40. The van der Waals surface area contributed by atoms with E-state index >= 15 is 0 Å². The van der Waals surface area contributed by atoms with Gasteiger partial charge in [0.25, 0.3) is 5.91 Å². The van der Waals surface area contributed by atoms with Gasteiger partial charge in [-0.3, -0.25) is 4.79 Å². The van der Waals surface area contributed by atoms with E-state index in [1.54, 1.807) is 22.9 Å². The molecule has 27 heavy (non-hydrogen) atoms. The number of carbonyl (C=O) groups is 1. The van der Waals surface area contributed by atoms with Gasteiger partial charge in [0, 0.05) is 23.2 Å². The molecular formula is C18H23ClN4O3S. The number of aromatic nitrogens is 2. The molecule has 9 heteroatoms. The molecule has 1 aromatic heterocycles. The molecule has 3 N–H and O–H groups in total. The first-order chi connectivity index (χ1) is 12.3. The van der Waals surface area contributed by atoms with Crippen molar-refractivity contribution < 1.29 is 13.2 Å². The van der Waals surface area contributed by atoms with Gasteiger partial charge in [-0.25, -0.2) is 13.1 Å². The number of nitrogens with zero attached hydrogens (tertiary/aromatic N) is 2. The van der Waals surface area contributed by atoms with E-state index in [2.05, 4.69) is 10.4 Å². The highest BCUT2D eigenvalue weighted by Crippen LogP contribution is 2.41. The second-order valence-corrected chi connectivity index (χ2v) is 9.49. The molecular weight excluding hydrogens is 388 g/mol. The fraction of sp³-hybridized carbons (Fsp3) is 0.444. The number of rotatable bonds is 4. The van der Waals surface area contributed by atoms with Gasteiger partial charge in [-0.05, 0) is 43.9 Å². The normalized spacial score (nSPS) is 20.9. The Morgan fingerprint density at radius 2 is 2.00 bits per heavy atom. The Hall–Kier alpha value is -2.06. The molecule has 1 saturated carbocycles. The van der Waals surface area contributed by atoms with Crippen LogP contribution in [0.25, 0.3) is 0 Å². The number of nitrogens with two attached hydrogens (primary N) is 1. The summed E-state index contributed by atoms with van der Waals surface area (Å²) in [6.45, 7) is 1.85. The van der Waals surface area contributed by atoms with E-state index < -0.39 is 9.84 Å². The molecule has 0 bridgehead atoms. The van der Waals surface area contributed by atoms with Crippen molar-refractivity contribution in [1.29, 1.82) is 0 Å². The lowest BCUT2D eigenvalue weighted by atomic mass is 10.1. The molecule has 4 rings (SSSR count). The average molecular weight is 411 g/mol. The lowest BCUT2D eigenvalue weighted by Crippen LogP contribution is -2.20. The van der Waals surface area contributed by atoms with Crippen LogP contribution in [0.1, 0.15) is 52.8 Å². The number of benzene rings is 1. The van der Waals surface area contributed by atoms with E-state index in [1.165, 1.54) is 0 Å². The summed E-state index contributed by atoms with van der Waals surface area (Å²) >= 11 is 0. The molecule has 1 aromatic carbocycles. The number of halogens is 1. The maximum atomic E-state index is 12.8. The first-order valence-corrected chi connectivity index (χ1v) is 10.6. The summed E-state index contributed by atoms with van der Waals surface area (Å²) in [6, 6.07) is 6.85. The van der Waals surface area contributed by atoms with Gasteiger partial charge >= 0.3 is 0 Å². The van der Waals surface area contributed by atoms with Crippen LogP contribution < -0.4 is 11.1 Å². The molecule has 1 aliphatic heterocycles. The topological polar surface area (TPSA) is 107 Å². The molecule has 1 saturated heterocycles. The third-order valence-corrected chi connectivity index (χ3v) is 6.80. The van der Waals surface area contributed by atoms with Crippen molar-refractivity contribution >= 4 is 39.7 Å². The number of hydrogen-bond donors (Lipinski definition) is 2. The highest BCUT2D eigenvalue weighted by molar-refractivity contribution is 7.91. The Bertz CT molecular complexity index is 982. The molecule has 2 aliphatic rings. The van der Waals surface area contributed by atoms with Crippen molar-refractivity contribution in [2.75, 3.05) is 22.6 Å². The van der Waals surface area contributed by atoms with Crippen LogP contribution in [-0.4, -0.2) is 35.6 Å². The zero-order chi connectivity index (χ0) is 18.5. The van der Waals surface area contributed by atoms with E-state index in [4.69, 9.17) is 5.73 Å². The van der Waals surface area contributed by atoms with Crippen molar-refractivity contribution in [3.63, 3.8) is 0 Å². The first kappa shape index (κ1) is 19.7. The van der Waals surface area contributed by atoms with Crippen molar-refractivity contribution in [3.05, 3.63) is 41.1 Å². The Morgan fingerprint density at radius 3 is 2.63 bits per heavy atom. The lowest BCUT2D eigenvalue weighted by Gasteiger charge is -2.14. The van der Waals surface area contributed by atoms with E-state index in [0.717, 1.165) is 24.1 Å². The Labute approximate surface area is 164 Å². The SMILES string of the molecule is Cc1ccc(N)cc1C(=O)Nc1cc(C2CC2)nn1C1CCS(=O)(=O)C1.Cl. The standard InChI is InChI=1S/C18H22N4O3S.ClH/c1-11-2-5-13(19)8-15(11)18(23)20-17-9-16(12-3-4-12)21-22(17)14-6-7-26(24,25)10-14;/h2,5,8-9,12,14H,3-4,6-7,10,19H2,1H3,(H,20,23);1H. The molecule has 2 aromatic rings. The molecule has 2 heterocycles. The van der Waals surface area contributed by atoms with E-state index in [-0.39, 0.29) is 35.9 Å². The van der Waals surface area contributed by atoms with Crippen molar-refractivity contribution in [3.8, 4) is 0 Å². The number of amides is 1. The Kier molecular flexibility index (Phi) is 5.22. The number of nitrogens with one attached hydrogen (secondary N) is 1. The van der Waals surface area contributed by atoms with Crippen LogP contribution in [0.5, 0.6) is 0 Å². The van der Waals surface area contributed by atoms with E-state index in [0.29, 0.717) is 29.4 Å². The molecule has 1 atom stereocenters. The highest BCUT2D eigenvalue weighted by Gasteiger charge is 2.34. The van der Waals surface area contributed by atoms with Gasteiger partial charge in [-0.15, -0.1) is 12.4 Å². The second kappa shape index (κ2) is 7.16. The van der Waals surface area contributed by atoms with Crippen LogP contribution in [0.3, 0.4) is 0 Å². The minimum Gasteiger partial charge on any atom is -0.399 e. The van der Waals surface area contributed by atoms with Crippen LogP contribution >= 0.6 is 12.4 Å². The predicted molar refractivity (Wildman–Crippen MR) is 107 cm³/mol. The van der Waals surface area contributed by atoms with Crippen molar-refractivity contribution in [2.24, 2.45) is 0 Å². The lowest BCUT2D eigenvalue weighted by molar-refractivity contribution is 0.102. The molecule has 146 valence electrons. The monoisotopic (exact) mass is 410 g/mol. The molecule has 0 spiro atoms. The number of nitrogen functional groups attached to an aromatic ring is 1. The van der Waals surface area contributed by atoms with E-state index in [1.807, 2.05) is 13.0 Å². The molecule has 1 unspecified atom stereocenters. The molecule has 1 aliphatic carbocycles. The summed E-state index contributed by atoms with van der Waals surface area (Å²) in [4.78, 5) is 12.8. The van der Waals surface area contributed by atoms with Crippen LogP contribution in [0.15, 0.2) is 24.3 Å². The number of carbonyl (C=O) groups excluding carboxylic acids is 1. The highest BCUT2D eigenvalue weighted by atomic mass is 35.5. The Morgan fingerprint density at radius 1 is 1.26 bits per heavy atom.